The zero-order valence-electron chi connectivity index (χ0n) is 11.3. The SMILES string of the molecule is CCc1ccccc1P(=O)(O)c1ccccc1CC. The van der Waals surface area contributed by atoms with Crippen LogP contribution in [0.15, 0.2) is 48.5 Å². The molecule has 2 nitrogen and oxygen atoms in total. The van der Waals surface area contributed by atoms with E-state index in [9.17, 15) is 9.46 Å². The second-order valence-electron chi connectivity index (χ2n) is 4.54. The lowest BCUT2D eigenvalue weighted by molar-refractivity contribution is 0.500. The van der Waals surface area contributed by atoms with Crippen molar-refractivity contribution >= 4 is 18.0 Å². The van der Waals surface area contributed by atoms with Gasteiger partial charge in [-0.15, -0.1) is 0 Å². The molecule has 0 unspecified atom stereocenters. The van der Waals surface area contributed by atoms with Gasteiger partial charge in [-0.05, 0) is 36.1 Å². The fraction of sp³-hybridized carbons (Fsp3) is 0.250. The highest BCUT2D eigenvalue weighted by molar-refractivity contribution is 7.73. The maximum Gasteiger partial charge on any atom is 0.259 e. The van der Waals surface area contributed by atoms with Crippen LogP contribution in [0, 0.1) is 0 Å². The molecule has 3 heteroatoms. The van der Waals surface area contributed by atoms with Crippen molar-refractivity contribution in [3.63, 3.8) is 0 Å². The van der Waals surface area contributed by atoms with Gasteiger partial charge in [0.1, 0.15) is 0 Å². The molecule has 0 bridgehead atoms. The molecule has 2 rings (SSSR count). The quantitative estimate of drug-likeness (QED) is 0.870. The Labute approximate surface area is 114 Å². The zero-order valence-corrected chi connectivity index (χ0v) is 12.2. The summed E-state index contributed by atoms with van der Waals surface area (Å²) in [7, 11) is -3.51. The summed E-state index contributed by atoms with van der Waals surface area (Å²) >= 11 is 0. The fourth-order valence-electron chi connectivity index (χ4n) is 2.34. The highest BCUT2D eigenvalue weighted by Gasteiger charge is 2.28. The third-order valence-electron chi connectivity index (χ3n) is 3.40. The summed E-state index contributed by atoms with van der Waals surface area (Å²) in [4.78, 5) is 10.6. The Bertz CT molecular complexity index is 568. The maximum absolute atomic E-state index is 12.9. The molecule has 0 saturated carbocycles. The molecule has 0 atom stereocenters. The second-order valence-corrected chi connectivity index (χ2v) is 6.66. The van der Waals surface area contributed by atoms with Crippen molar-refractivity contribution in [1.29, 1.82) is 0 Å². The zero-order chi connectivity index (χ0) is 13.9. The van der Waals surface area contributed by atoms with Crippen molar-refractivity contribution in [2.24, 2.45) is 0 Å². The van der Waals surface area contributed by atoms with Crippen molar-refractivity contribution in [2.45, 2.75) is 26.7 Å². The molecule has 0 aliphatic heterocycles. The van der Waals surface area contributed by atoms with Gasteiger partial charge < -0.3 is 4.89 Å². The third kappa shape index (κ3) is 2.65. The molecule has 1 N–H and O–H groups in total. The molecule has 100 valence electrons. The number of benzene rings is 2. The van der Waals surface area contributed by atoms with Gasteiger partial charge in [0.05, 0.1) is 0 Å². The average molecular weight is 274 g/mol. The Balaban J connectivity index is 2.62. The van der Waals surface area contributed by atoms with Crippen LogP contribution >= 0.6 is 7.37 Å². The Kier molecular flexibility index (Phi) is 4.24. The molecule has 0 amide bonds. The summed E-state index contributed by atoms with van der Waals surface area (Å²) in [6.07, 6.45) is 1.52. The minimum Gasteiger partial charge on any atom is -0.338 e. The lowest BCUT2D eigenvalue weighted by Crippen LogP contribution is -2.21. The molecule has 0 saturated heterocycles. The van der Waals surface area contributed by atoms with Gasteiger partial charge in [-0.3, -0.25) is 4.57 Å². The number of aryl methyl sites for hydroxylation is 2. The molecule has 0 heterocycles. The Hall–Kier alpha value is -1.37. The molecular formula is C16H19O2P. The van der Waals surface area contributed by atoms with E-state index >= 15 is 0 Å². The monoisotopic (exact) mass is 274 g/mol. The molecule has 0 fully saturated rings. The van der Waals surface area contributed by atoms with Crippen molar-refractivity contribution in [3.8, 4) is 0 Å². The molecular weight excluding hydrogens is 255 g/mol. The van der Waals surface area contributed by atoms with Crippen LogP contribution in [0.4, 0.5) is 0 Å². The first-order valence-corrected chi connectivity index (χ1v) is 8.27. The van der Waals surface area contributed by atoms with Gasteiger partial charge in [0.2, 0.25) is 0 Å². The smallest absolute Gasteiger partial charge is 0.259 e. The molecule has 0 aliphatic carbocycles. The van der Waals surface area contributed by atoms with E-state index in [1.807, 2.05) is 50.2 Å². The average Bonchev–Trinajstić information content (AvgIpc) is 2.47. The van der Waals surface area contributed by atoms with Gasteiger partial charge in [-0.1, -0.05) is 50.2 Å². The number of hydrogen-bond acceptors (Lipinski definition) is 1. The van der Waals surface area contributed by atoms with Crippen LogP contribution in [-0.2, 0) is 17.4 Å². The van der Waals surface area contributed by atoms with Crippen LogP contribution in [0.2, 0.25) is 0 Å². The minimum absolute atomic E-state index is 0.568. The topological polar surface area (TPSA) is 37.3 Å². The summed E-state index contributed by atoms with van der Waals surface area (Å²) < 4.78 is 12.9. The number of rotatable bonds is 4. The standard InChI is InChI=1S/C16H19O2P/c1-3-13-9-5-7-11-15(13)19(17,18)16-12-8-6-10-14(16)4-2/h5-12H,3-4H2,1-2H3,(H,17,18). The first-order chi connectivity index (χ1) is 9.11. The van der Waals surface area contributed by atoms with Crippen molar-refractivity contribution in [2.75, 3.05) is 0 Å². The minimum atomic E-state index is -3.51. The Morgan fingerprint density at radius 1 is 0.842 bits per heavy atom. The summed E-state index contributed by atoms with van der Waals surface area (Å²) in [5.74, 6) is 0. The highest BCUT2D eigenvalue weighted by Crippen LogP contribution is 2.40. The fourth-order valence-corrected chi connectivity index (χ4v) is 4.42. The van der Waals surface area contributed by atoms with E-state index in [4.69, 9.17) is 0 Å². The summed E-state index contributed by atoms with van der Waals surface area (Å²) in [6.45, 7) is 4.01. The highest BCUT2D eigenvalue weighted by atomic mass is 31.2. The van der Waals surface area contributed by atoms with Crippen LogP contribution in [0.3, 0.4) is 0 Å². The van der Waals surface area contributed by atoms with Gasteiger partial charge in [-0.25, -0.2) is 0 Å². The van der Waals surface area contributed by atoms with Gasteiger partial charge >= 0.3 is 0 Å². The van der Waals surface area contributed by atoms with E-state index in [1.165, 1.54) is 0 Å². The van der Waals surface area contributed by atoms with Gasteiger partial charge in [0, 0.05) is 10.6 Å². The summed E-state index contributed by atoms with van der Waals surface area (Å²) in [6, 6.07) is 14.9. The van der Waals surface area contributed by atoms with E-state index in [0.29, 0.717) is 10.6 Å². The van der Waals surface area contributed by atoms with Crippen LogP contribution in [0.25, 0.3) is 0 Å². The summed E-state index contributed by atoms with van der Waals surface area (Å²) in [5, 5.41) is 1.14. The van der Waals surface area contributed by atoms with Crippen molar-refractivity contribution < 1.29 is 9.46 Å². The molecule has 0 spiro atoms. The maximum atomic E-state index is 12.9. The Morgan fingerprint density at radius 3 is 1.58 bits per heavy atom. The predicted octanol–water partition coefficient (Wildman–Crippen LogP) is 3.03. The second kappa shape index (κ2) is 5.73. The lowest BCUT2D eigenvalue weighted by Gasteiger charge is -2.18. The van der Waals surface area contributed by atoms with E-state index in [2.05, 4.69) is 0 Å². The van der Waals surface area contributed by atoms with Gasteiger partial charge in [-0.2, -0.15) is 0 Å². The van der Waals surface area contributed by atoms with Crippen LogP contribution in [-0.4, -0.2) is 4.89 Å². The predicted molar refractivity (Wildman–Crippen MR) is 80.7 cm³/mol. The normalized spacial score (nSPS) is 11.5. The third-order valence-corrected chi connectivity index (χ3v) is 5.58. The van der Waals surface area contributed by atoms with Crippen LogP contribution in [0.5, 0.6) is 0 Å². The van der Waals surface area contributed by atoms with E-state index in [1.54, 1.807) is 12.1 Å². The largest absolute Gasteiger partial charge is 0.338 e. The van der Waals surface area contributed by atoms with Gasteiger partial charge in [0.15, 0.2) is 0 Å². The first kappa shape index (κ1) is 14.0. The van der Waals surface area contributed by atoms with Gasteiger partial charge in [0.25, 0.3) is 7.37 Å². The molecule has 2 aromatic rings. The molecule has 0 aliphatic rings. The van der Waals surface area contributed by atoms with Crippen LogP contribution < -0.4 is 10.6 Å². The van der Waals surface area contributed by atoms with Crippen molar-refractivity contribution in [3.05, 3.63) is 59.7 Å². The van der Waals surface area contributed by atoms with Crippen LogP contribution in [0.1, 0.15) is 25.0 Å². The lowest BCUT2D eigenvalue weighted by atomic mass is 10.2. The summed E-state index contributed by atoms with van der Waals surface area (Å²) in [5.41, 5.74) is 1.89. The van der Waals surface area contributed by atoms with E-state index in [0.717, 1.165) is 24.0 Å². The van der Waals surface area contributed by atoms with E-state index < -0.39 is 7.37 Å². The first-order valence-electron chi connectivity index (χ1n) is 6.61. The molecule has 0 aromatic heterocycles. The Morgan fingerprint density at radius 2 is 1.21 bits per heavy atom. The number of hydrogen-bond donors (Lipinski definition) is 1. The van der Waals surface area contributed by atoms with E-state index in [-0.39, 0.29) is 0 Å². The molecule has 19 heavy (non-hydrogen) atoms. The molecule has 2 aromatic carbocycles. The van der Waals surface area contributed by atoms with Crippen molar-refractivity contribution in [1.82, 2.24) is 0 Å². The molecule has 0 radical (unpaired) electrons.